The molecule has 3 nitrogen and oxygen atoms in total. The summed E-state index contributed by atoms with van der Waals surface area (Å²) in [7, 11) is 0. The van der Waals surface area contributed by atoms with Gasteiger partial charge in [0.25, 0.3) is 0 Å². The van der Waals surface area contributed by atoms with Gasteiger partial charge < -0.3 is 9.84 Å². The molecular weight excluding hydrogens is 282 g/mol. The topological polar surface area (TPSA) is 42.4 Å². The molecule has 0 saturated heterocycles. The Bertz CT molecular complexity index is 626. The van der Waals surface area contributed by atoms with Gasteiger partial charge in [-0.25, -0.2) is 4.98 Å². The Hall–Kier alpha value is -1.39. The Balaban J connectivity index is 2.17. The molecular formula is C17H23NO2S. The average Bonchev–Trinajstić information content (AvgIpc) is 2.83. The van der Waals surface area contributed by atoms with Gasteiger partial charge in [-0.3, -0.25) is 0 Å². The Morgan fingerprint density at radius 1 is 1.29 bits per heavy atom. The normalized spacial score (nSPS) is 11.7. The van der Waals surface area contributed by atoms with Gasteiger partial charge in [0.1, 0.15) is 17.4 Å². The van der Waals surface area contributed by atoms with Crippen molar-refractivity contribution in [2.45, 2.75) is 53.2 Å². The first-order chi connectivity index (χ1) is 9.81. The SMILES string of the molecule is CCc1nc(COc2cc(C)ccc2C)sc1C(C)(C)O. The van der Waals surface area contributed by atoms with Gasteiger partial charge in [0.2, 0.25) is 0 Å². The van der Waals surface area contributed by atoms with E-state index in [4.69, 9.17) is 4.74 Å². The largest absolute Gasteiger partial charge is 0.486 e. The molecule has 0 atom stereocenters. The highest BCUT2D eigenvalue weighted by atomic mass is 32.1. The number of rotatable bonds is 5. The van der Waals surface area contributed by atoms with Crippen molar-refractivity contribution in [3.63, 3.8) is 0 Å². The molecule has 4 heteroatoms. The van der Waals surface area contributed by atoms with E-state index < -0.39 is 5.60 Å². The lowest BCUT2D eigenvalue weighted by atomic mass is 10.1. The summed E-state index contributed by atoms with van der Waals surface area (Å²) >= 11 is 1.53. The third-order valence-electron chi connectivity index (χ3n) is 3.33. The monoisotopic (exact) mass is 305 g/mol. The standard InChI is InChI=1S/C17H23NO2S/c1-6-13-16(17(4,5)19)21-15(18-13)10-20-14-9-11(2)7-8-12(14)3/h7-9,19H,6,10H2,1-5H3. The maximum Gasteiger partial charge on any atom is 0.140 e. The Morgan fingerprint density at radius 3 is 2.57 bits per heavy atom. The maximum atomic E-state index is 10.2. The zero-order valence-corrected chi connectivity index (χ0v) is 14.2. The highest BCUT2D eigenvalue weighted by Gasteiger charge is 2.24. The fourth-order valence-electron chi connectivity index (χ4n) is 2.18. The van der Waals surface area contributed by atoms with Crippen LogP contribution in [0.5, 0.6) is 5.75 Å². The van der Waals surface area contributed by atoms with E-state index in [1.54, 1.807) is 13.8 Å². The van der Waals surface area contributed by atoms with Crippen LogP contribution >= 0.6 is 11.3 Å². The summed E-state index contributed by atoms with van der Waals surface area (Å²) in [5, 5.41) is 11.1. The third-order valence-corrected chi connectivity index (χ3v) is 4.71. The van der Waals surface area contributed by atoms with Gasteiger partial charge in [0.15, 0.2) is 0 Å². The second-order valence-corrected chi connectivity index (χ2v) is 6.94. The molecule has 2 aromatic rings. The molecule has 0 unspecified atom stereocenters. The van der Waals surface area contributed by atoms with E-state index in [2.05, 4.69) is 31.0 Å². The van der Waals surface area contributed by atoms with Crippen LogP contribution in [0.15, 0.2) is 18.2 Å². The minimum Gasteiger partial charge on any atom is -0.486 e. The van der Waals surface area contributed by atoms with Gasteiger partial charge >= 0.3 is 0 Å². The van der Waals surface area contributed by atoms with Crippen molar-refractivity contribution >= 4 is 11.3 Å². The van der Waals surface area contributed by atoms with Gasteiger partial charge in [-0.1, -0.05) is 19.1 Å². The summed E-state index contributed by atoms with van der Waals surface area (Å²) in [4.78, 5) is 5.53. The van der Waals surface area contributed by atoms with Crippen molar-refractivity contribution < 1.29 is 9.84 Å². The lowest BCUT2D eigenvalue weighted by Crippen LogP contribution is -2.15. The molecule has 0 amide bonds. The van der Waals surface area contributed by atoms with Crippen LogP contribution in [0.25, 0.3) is 0 Å². The molecule has 0 bridgehead atoms. The van der Waals surface area contributed by atoms with Crippen LogP contribution in [0, 0.1) is 13.8 Å². The number of thiazole rings is 1. The molecule has 0 radical (unpaired) electrons. The number of hydrogen-bond acceptors (Lipinski definition) is 4. The molecule has 0 fully saturated rings. The lowest BCUT2D eigenvalue weighted by molar-refractivity contribution is 0.0814. The van der Waals surface area contributed by atoms with E-state index in [0.29, 0.717) is 6.61 Å². The maximum absolute atomic E-state index is 10.2. The highest BCUT2D eigenvalue weighted by molar-refractivity contribution is 7.11. The molecule has 2 rings (SSSR count). The van der Waals surface area contributed by atoms with E-state index in [9.17, 15) is 5.11 Å². The molecule has 1 aromatic carbocycles. The summed E-state index contributed by atoms with van der Waals surface area (Å²) in [6, 6.07) is 6.18. The van der Waals surface area contributed by atoms with Crippen molar-refractivity contribution in [2.75, 3.05) is 0 Å². The van der Waals surface area contributed by atoms with E-state index in [0.717, 1.165) is 33.3 Å². The Kier molecular flexibility index (Phi) is 4.69. The number of aliphatic hydroxyl groups is 1. The Labute approximate surface area is 130 Å². The lowest BCUT2D eigenvalue weighted by Gasteiger charge is -2.15. The number of hydrogen-bond donors (Lipinski definition) is 1. The van der Waals surface area contributed by atoms with Crippen molar-refractivity contribution in [3.8, 4) is 5.75 Å². The van der Waals surface area contributed by atoms with Crippen molar-refractivity contribution in [3.05, 3.63) is 44.9 Å². The zero-order chi connectivity index (χ0) is 15.6. The quantitative estimate of drug-likeness (QED) is 0.903. The fourth-order valence-corrected chi connectivity index (χ4v) is 3.25. The van der Waals surface area contributed by atoms with Crippen LogP contribution in [-0.2, 0) is 18.6 Å². The van der Waals surface area contributed by atoms with Crippen molar-refractivity contribution in [2.24, 2.45) is 0 Å². The number of nitrogens with zero attached hydrogens (tertiary/aromatic N) is 1. The number of benzene rings is 1. The summed E-state index contributed by atoms with van der Waals surface area (Å²) in [6.07, 6.45) is 0.819. The zero-order valence-electron chi connectivity index (χ0n) is 13.4. The number of aryl methyl sites for hydroxylation is 3. The van der Waals surface area contributed by atoms with Crippen LogP contribution in [-0.4, -0.2) is 10.1 Å². The average molecular weight is 305 g/mol. The molecule has 1 N–H and O–H groups in total. The predicted octanol–water partition coefficient (Wildman–Crippen LogP) is 4.13. The van der Waals surface area contributed by atoms with Gasteiger partial charge in [0.05, 0.1) is 16.2 Å². The van der Waals surface area contributed by atoms with Gasteiger partial charge in [0, 0.05) is 0 Å². The molecule has 21 heavy (non-hydrogen) atoms. The molecule has 0 saturated carbocycles. The van der Waals surface area contributed by atoms with Crippen LogP contribution in [0.3, 0.4) is 0 Å². The number of aromatic nitrogens is 1. The molecule has 0 aliphatic rings. The highest BCUT2D eigenvalue weighted by Crippen LogP contribution is 2.31. The van der Waals surface area contributed by atoms with E-state index >= 15 is 0 Å². The van der Waals surface area contributed by atoms with E-state index in [-0.39, 0.29) is 0 Å². The molecule has 1 heterocycles. The molecule has 0 spiro atoms. The second kappa shape index (κ2) is 6.16. The molecule has 0 aliphatic carbocycles. The first-order valence-corrected chi connectivity index (χ1v) is 8.04. The molecule has 114 valence electrons. The summed E-state index contributed by atoms with van der Waals surface area (Å²) in [5.74, 6) is 0.896. The van der Waals surface area contributed by atoms with E-state index in [1.165, 1.54) is 16.9 Å². The first-order valence-electron chi connectivity index (χ1n) is 7.22. The van der Waals surface area contributed by atoms with Crippen molar-refractivity contribution in [1.82, 2.24) is 4.98 Å². The van der Waals surface area contributed by atoms with Gasteiger partial charge in [-0.05, 0) is 51.3 Å². The minimum atomic E-state index is -0.847. The van der Waals surface area contributed by atoms with Crippen LogP contribution < -0.4 is 4.74 Å². The van der Waals surface area contributed by atoms with Gasteiger partial charge in [-0.2, -0.15) is 0 Å². The van der Waals surface area contributed by atoms with E-state index in [1.807, 2.05) is 13.0 Å². The van der Waals surface area contributed by atoms with Gasteiger partial charge in [-0.15, -0.1) is 11.3 Å². The first kappa shape index (κ1) is 16.0. The van der Waals surface area contributed by atoms with Crippen LogP contribution in [0.4, 0.5) is 0 Å². The van der Waals surface area contributed by atoms with Crippen molar-refractivity contribution in [1.29, 1.82) is 0 Å². The van der Waals surface area contributed by atoms with Crippen LogP contribution in [0.1, 0.15) is 47.5 Å². The summed E-state index contributed by atoms with van der Waals surface area (Å²) < 4.78 is 5.90. The fraction of sp³-hybridized carbons (Fsp3) is 0.471. The summed E-state index contributed by atoms with van der Waals surface area (Å²) in [6.45, 7) is 10.2. The number of ether oxygens (including phenoxy) is 1. The summed E-state index contributed by atoms with van der Waals surface area (Å²) in [5.41, 5.74) is 2.42. The second-order valence-electron chi connectivity index (χ2n) is 5.85. The molecule has 1 aromatic heterocycles. The smallest absolute Gasteiger partial charge is 0.140 e. The third kappa shape index (κ3) is 3.83. The predicted molar refractivity (Wildman–Crippen MR) is 87.0 cm³/mol. The van der Waals surface area contributed by atoms with Crippen LogP contribution in [0.2, 0.25) is 0 Å². The molecule has 0 aliphatic heterocycles. The minimum absolute atomic E-state index is 0.443. The Morgan fingerprint density at radius 2 is 2.00 bits per heavy atom.